The average Bonchev–Trinajstić information content (AvgIpc) is 3.64. The fourth-order valence-corrected chi connectivity index (χ4v) is 4.31. The second-order valence-electron chi connectivity index (χ2n) is 7.22. The van der Waals surface area contributed by atoms with Crippen LogP contribution in [0.2, 0.25) is 0 Å². The quantitative estimate of drug-likeness (QED) is 0.502. The van der Waals surface area contributed by atoms with Gasteiger partial charge in [-0.2, -0.15) is 10.2 Å². The number of carbonyl (C=O) groups is 1. The Hall–Kier alpha value is -3.60. The summed E-state index contributed by atoms with van der Waals surface area (Å²) in [7, 11) is -3.39. The zero-order valence-corrected chi connectivity index (χ0v) is 18.2. The summed E-state index contributed by atoms with van der Waals surface area (Å²) in [5.74, 6) is 0.144. The third-order valence-electron chi connectivity index (χ3n) is 4.71. The minimum Gasteiger partial charge on any atom is -0.477 e. The summed E-state index contributed by atoms with van der Waals surface area (Å²) >= 11 is 0. The summed E-state index contributed by atoms with van der Waals surface area (Å²) in [5.41, 5.74) is 2.67. The topological polar surface area (TPSA) is 136 Å². The first kappa shape index (κ1) is 21.6. The third-order valence-corrected chi connectivity index (χ3v) is 6.58. The lowest BCUT2D eigenvalue weighted by Crippen LogP contribution is -2.24. The van der Waals surface area contributed by atoms with Gasteiger partial charge in [-0.1, -0.05) is 12.1 Å². The summed E-state index contributed by atoms with van der Waals surface area (Å²) < 4.78 is 32.0. The molecule has 2 heterocycles. The first-order valence-electron chi connectivity index (χ1n) is 10.1. The van der Waals surface area contributed by atoms with Crippen molar-refractivity contribution in [2.24, 2.45) is 0 Å². The Morgan fingerprint density at radius 3 is 2.66 bits per heavy atom. The standard InChI is InChI=1S/C21H22N6O4S/c1-2-31-20-13-22-12-19(25-20)14-3-5-15(6-4-14)21(28)23-10-16-9-17(11-24-26-16)27-32(29,30)18-7-8-18/h3-6,9,11-13,18H,2,7-8,10H2,1H3,(H,23,28)(H,26,27). The number of nitrogens with one attached hydrogen (secondary N) is 2. The van der Waals surface area contributed by atoms with Crippen LogP contribution in [0.25, 0.3) is 11.3 Å². The predicted molar refractivity (Wildman–Crippen MR) is 117 cm³/mol. The summed E-state index contributed by atoms with van der Waals surface area (Å²) in [4.78, 5) is 21.0. The van der Waals surface area contributed by atoms with Crippen LogP contribution in [0, 0.1) is 0 Å². The van der Waals surface area contributed by atoms with Crippen molar-refractivity contribution in [2.75, 3.05) is 11.3 Å². The van der Waals surface area contributed by atoms with Crippen LogP contribution in [0.1, 0.15) is 35.8 Å². The molecule has 32 heavy (non-hydrogen) atoms. The number of hydrogen-bond donors (Lipinski definition) is 2. The lowest BCUT2D eigenvalue weighted by Gasteiger charge is -2.09. The highest BCUT2D eigenvalue weighted by atomic mass is 32.2. The van der Waals surface area contributed by atoms with Gasteiger partial charge in [0.2, 0.25) is 15.9 Å². The van der Waals surface area contributed by atoms with Gasteiger partial charge in [-0.05, 0) is 38.0 Å². The Labute approximate surface area is 185 Å². The van der Waals surface area contributed by atoms with Gasteiger partial charge in [-0.15, -0.1) is 0 Å². The van der Waals surface area contributed by atoms with Gasteiger partial charge < -0.3 is 10.1 Å². The number of anilines is 1. The molecule has 1 fully saturated rings. The predicted octanol–water partition coefficient (Wildman–Crippen LogP) is 2.17. The van der Waals surface area contributed by atoms with Crippen LogP contribution in [0.3, 0.4) is 0 Å². The molecule has 3 aromatic rings. The van der Waals surface area contributed by atoms with Crippen molar-refractivity contribution in [3.63, 3.8) is 0 Å². The van der Waals surface area contributed by atoms with Crippen molar-refractivity contribution in [3.05, 3.63) is 60.2 Å². The molecule has 0 bridgehead atoms. The Kier molecular flexibility index (Phi) is 6.26. The van der Waals surface area contributed by atoms with E-state index >= 15 is 0 Å². The van der Waals surface area contributed by atoms with Crippen LogP contribution < -0.4 is 14.8 Å². The number of benzene rings is 1. The molecule has 0 aliphatic heterocycles. The second kappa shape index (κ2) is 9.27. The molecule has 11 heteroatoms. The van der Waals surface area contributed by atoms with E-state index in [4.69, 9.17) is 4.74 Å². The van der Waals surface area contributed by atoms with Gasteiger partial charge in [-0.3, -0.25) is 14.5 Å². The largest absolute Gasteiger partial charge is 0.477 e. The maximum Gasteiger partial charge on any atom is 0.251 e. The van der Waals surface area contributed by atoms with Gasteiger partial charge in [0, 0.05) is 11.1 Å². The second-order valence-corrected chi connectivity index (χ2v) is 9.18. The monoisotopic (exact) mass is 454 g/mol. The number of carbonyl (C=O) groups excluding carboxylic acids is 1. The first-order chi connectivity index (χ1) is 15.4. The molecule has 0 radical (unpaired) electrons. The molecule has 1 aliphatic rings. The summed E-state index contributed by atoms with van der Waals surface area (Å²) in [6.45, 7) is 2.47. The number of sulfonamides is 1. The molecular weight excluding hydrogens is 432 g/mol. The van der Waals surface area contributed by atoms with E-state index in [1.54, 1.807) is 42.7 Å². The van der Waals surface area contributed by atoms with E-state index in [2.05, 4.69) is 30.2 Å². The zero-order chi connectivity index (χ0) is 22.6. The molecule has 0 saturated heterocycles. The van der Waals surface area contributed by atoms with Crippen LogP contribution in [0.4, 0.5) is 5.69 Å². The molecule has 0 unspecified atom stereocenters. The van der Waals surface area contributed by atoms with Crippen LogP contribution >= 0.6 is 0 Å². The van der Waals surface area contributed by atoms with Gasteiger partial charge in [0.1, 0.15) is 0 Å². The highest BCUT2D eigenvalue weighted by molar-refractivity contribution is 7.93. The minimum atomic E-state index is -3.39. The van der Waals surface area contributed by atoms with Crippen LogP contribution in [-0.2, 0) is 16.6 Å². The molecular formula is C21H22N6O4S. The van der Waals surface area contributed by atoms with E-state index in [-0.39, 0.29) is 17.7 Å². The van der Waals surface area contributed by atoms with Crippen LogP contribution in [0.15, 0.2) is 48.9 Å². The Bertz CT molecular complexity index is 1210. The van der Waals surface area contributed by atoms with E-state index < -0.39 is 10.0 Å². The SMILES string of the molecule is CCOc1cncc(-c2ccc(C(=O)NCc3cc(NS(=O)(=O)C4CC4)cnn3)cc2)n1. The van der Waals surface area contributed by atoms with E-state index in [1.807, 2.05) is 6.92 Å². The van der Waals surface area contributed by atoms with Crippen molar-refractivity contribution < 1.29 is 17.9 Å². The third kappa shape index (κ3) is 5.35. The maximum atomic E-state index is 12.5. The molecule has 1 saturated carbocycles. The number of ether oxygens (including phenoxy) is 1. The minimum absolute atomic E-state index is 0.106. The molecule has 10 nitrogen and oxygen atoms in total. The van der Waals surface area contributed by atoms with Crippen molar-refractivity contribution in [2.45, 2.75) is 31.6 Å². The van der Waals surface area contributed by atoms with E-state index in [0.29, 0.717) is 48.0 Å². The normalized spacial score (nSPS) is 13.4. The number of rotatable bonds is 9. The molecule has 0 atom stereocenters. The molecule has 1 aliphatic carbocycles. The van der Waals surface area contributed by atoms with E-state index in [9.17, 15) is 13.2 Å². The van der Waals surface area contributed by atoms with Crippen molar-refractivity contribution in [1.29, 1.82) is 0 Å². The molecule has 0 spiro atoms. The van der Waals surface area contributed by atoms with Gasteiger partial charge >= 0.3 is 0 Å². The number of hydrogen-bond acceptors (Lipinski definition) is 8. The van der Waals surface area contributed by atoms with Crippen molar-refractivity contribution in [3.8, 4) is 17.1 Å². The number of aromatic nitrogens is 4. The Morgan fingerprint density at radius 1 is 1.16 bits per heavy atom. The molecule has 2 N–H and O–H groups in total. The van der Waals surface area contributed by atoms with E-state index in [1.165, 1.54) is 6.20 Å². The molecule has 1 aromatic carbocycles. The lowest BCUT2D eigenvalue weighted by molar-refractivity contribution is 0.0950. The van der Waals surface area contributed by atoms with Crippen LogP contribution in [-0.4, -0.2) is 46.3 Å². The first-order valence-corrected chi connectivity index (χ1v) is 11.7. The molecule has 4 rings (SSSR count). The fourth-order valence-electron chi connectivity index (χ4n) is 2.95. The number of amides is 1. The van der Waals surface area contributed by atoms with Gasteiger partial charge in [0.05, 0.1) is 54.1 Å². The van der Waals surface area contributed by atoms with Crippen molar-refractivity contribution in [1.82, 2.24) is 25.5 Å². The molecule has 2 aromatic heterocycles. The summed E-state index contributed by atoms with van der Waals surface area (Å²) in [6.07, 6.45) is 5.85. The number of nitrogens with zero attached hydrogens (tertiary/aromatic N) is 4. The highest BCUT2D eigenvalue weighted by Crippen LogP contribution is 2.29. The molecule has 1 amide bonds. The smallest absolute Gasteiger partial charge is 0.251 e. The van der Waals surface area contributed by atoms with Gasteiger partial charge in [0.15, 0.2) is 0 Å². The Morgan fingerprint density at radius 2 is 1.94 bits per heavy atom. The molecule has 166 valence electrons. The van der Waals surface area contributed by atoms with Crippen molar-refractivity contribution >= 4 is 21.6 Å². The Balaban J connectivity index is 1.37. The fraction of sp³-hybridized carbons (Fsp3) is 0.286. The highest BCUT2D eigenvalue weighted by Gasteiger charge is 2.35. The summed E-state index contributed by atoms with van der Waals surface area (Å²) in [6, 6.07) is 8.49. The lowest BCUT2D eigenvalue weighted by atomic mass is 10.1. The van der Waals surface area contributed by atoms with E-state index in [0.717, 1.165) is 5.56 Å². The maximum absolute atomic E-state index is 12.5. The summed E-state index contributed by atoms with van der Waals surface area (Å²) in [5, 5.41) is 10.2. The van der Waals surface area contributed by atoms with Crippen LogP contribution in [0.5, 0.6) is 5.88 Å². The van der Waals surface area contributed by atoms with Gasteiger partial charge in [-0.25, -0.2) is 13.4 Å². The average molecular weight is 455 g/mol. The zero-order valence-electron chi connectivity index (χ0n) is 17.4. The van der Waals surface area contributed by atoms with Gasteiger partial charge in [0.25, 0.3) is 5.91 Å².